The molecular weight excluding hydrogens is 773 g/mol. The fourth-order valence-corrected chi connectivity index (χ4v) is 9.33. The first-order valence-corrected chi connectivity index (χ1v) is 20.7. The Bertz CT molecular complexity index is 4300. The van der Waals surface area contributed by atoms with Gasteiger partial charge in [0, 0.05) is 47.6 Å². The van der Waals surface area contributed by atoms with Crippen molar-refractivity contribution in [3.05, 3.63) is 218 Å². The van der Waals surface area contributed by atoms with Crippen molar-refractivity contribution in [1.29, 1.82) is 0 Å². The predicted octanol–water partition coefficient (Wildman–Crippen LogP) is 15.3. The number of thiophene rings is 1. The molecule has 0 saturated carbocycles. The number of hydrogen-bond acceptors (Lipinski definition) is 4. The SMILES string of the molecule is [2H]c1c([2H])c([2H])c(-c2c([2H])c([2H])c3c(c2[2H])c2c([2H])c([2H])c([2H])c([2H])c2n3-c2cc(-c3cccc4c3sc3ccccc34)ccc2-c2nc(-c3ccccc3)nc(-c3ccc(-c4ccccc4)cc3)n2)c([2H])c1[2H]. The molecule has 4 nitrogen and oxygen atoms in total. The highest BCUT2D eigenvalue weighted by molar-refractivity contribution is 7.26. The van der Waals surface area contributed by atoms with Crippen LogP contribution in [0.5, 0.6) is 0 Å². The smallest absolute Gasteiger partial charge is 0.166 e. The van der Waals surface area contributed by atoms with E-state index >= 15 is 0 Å². The van der Waals surface area contributed by atoms with Crippen molar-refractivity contribution in [2.75, 3.05) is 0 Å². The van der Waals surface area contributed by atoms with Gasteiger partial charge in [-0.15, -0.1) is 11.3 Å². The van der Waals surface area contributed by atoms with Gasteiger partial charge in [0.05, 0.1) is 33.2 Å². The molecular formula is C57H36N4S. The summed E-state index contributed by atoms with van der Waals surface area (Å²) in [4.78, 5) is 15.2. The lowest BCUT2D eigenvalue weighted by molar-refractivity contribution is 1.06. The van der Waals surface area contributed by atoms with Crippen LogP contribution in [-0.2, 0) is 0 Å². The third-order valence-electron chi connectivity index (χ3n) is 11.0. The van der Waals surface area contributed by atoms with Gasteiger partial charge in [-0.3, -0.25) is 0 Å². The number of para-hydroxylation sites is 1. The van der Waals surface area contributed by atoms with Crippen LogP contribution >= 0.6 is 11.3 Å². The third-order valence-corrected chi connectivity index (χ3v) is 12.2. The molecule has 12 aromatic rings. The topological polar surface area (TPSA) is 43.6 Å². The summed E-state index contributed by atoms with van der Waals surface area (Å²) in [6.45, 7) is 0. The monoisotopic (exact) mass is 820 g/mol. The lowest BCUT2D eigenvalue weighted by atomic mass is 9.99. The molecule has 9 aromatic carbocycles. The van der Waals surface area contributed by atoms with E-state index in [0.717, 1.165) is 36.9 Å². The number of hydrogen-bond donors (Lipinski definition) is 0. The summed E-state index contributed by atoms with van der Waals surface area (Å²) in [5.74, 6) is 0.824. The van der Waals surface area contributed by atoms with Crippen molar-refractivity contribution in [2.24, 2.45) is 0 Å². The minimum absolute atomic E-state index is 0.127. The fourth-order valence-electron chi connectivity index (χ4n) is 8.09. The lowest BCUT2D eigenvalue weighted by Gasteiger charge is -2.17. The zero-order valence-corrected chi connectivity index (χ0v) is 33.4. The number of aromatic nitrogens is 4. The third kappa shape index (κ3) is 6.18. The molecule has 0 N–H and O–H groups in total. The number of rotatable bonds is 7. The van der Waals surface area contributed by atoms with Crippen LogP contribution < -0.4 is 0 Å². The first-order valence-electron chi connectivity index (χ1n) is 25.9. The van der Waals surface area contributed by atoms with Gasteiger partial charge in [0.2, 0.25) is 0 Å². The first kappa shape index (κ1) is 25.6. The van der Waals surface area contributed by atoms with Crippen LogP contribution in [0.1, 0.15) is 16.4 Å². The van der Waals surface area contributed by atoms with Crippen molar-refractivity contribution in [1.82, 2.24) is 19.5 Å². The summed E-state index contributed by atoms with van der Waals surface area (Å²) in [5.41, 5.74) is 4.28. The molecule has 0 aliphatic rings. The minimum Gasteiger partial charge on any atom is -0.308 e. The highest BCUT2D eigenvalue weighted by Gasteiger charge is 2.22. The molecule has 5 heteroatoms. The van der Waals surface area contributed by atoms with E-state index in [9.17, 15) is 6.85 Å². The largest absolute Gasteiger partial charge is 0.308 e. The molecule has 0 radical (unpaired) electrons. The summed E-state index contributed by atoms with van der Waals surface area (Å²) < 4.78 is 113. The summed E-state index contributed by atoms with van der Waals surface area (Å²) in [6, 6.07) is 39.4. The summed E-state index contributed by atoms with van der Waals surface area (Å²) in [6.07, 6.45) is 0. The van der Waals surface area contributed by atoms with Gasteiger partial charge in [0.1, 0.15) is 0 Å². The van der Waals surface area contributed by atoms with Crippen molar-refractivity contribution in [2.45, 2.75) is 0 Å². The van der Waals surface area contributed by atoms with E-state index in [-0.39, 0.29) is 33.3 Å². The normalized spacial score (nSPS) is 14.3. The molecule has 0 unspecified atom stereocenters. The Labute approximate surface area is 379 Å². The van der Waals surface area contributed by atoms with Gasteiger partial charge < -0.3 is 4.57 Å². The Hall–Kier alpha value is -7.99. The molecule has 0 fully saturated rings. The van der Waals surface area contributed by atoms with Gasteiger partial charge in [-0.25, -0.2) is 15.0 Å². The molecule has 0 aliphatic carbocycles. The molecule has 290 valence electrons. The van der Waals surface area contributed by atoms with Crippen molar-refractivity contribution < 1.29 is 16.4 Å². The maximum atomic E-state index is 9.87. The molecule has 62 heavy (non-hydrogen) atoms. The summed E-state index contributed by atoms with van der Waals surface area (Å²) in [7, 11) is 0. The van der Waals surface area contributed by atoms with Crippen LogP contribution in [0.25, 0.3) is 115 Å². The van der Waals surface area contributed by atoms with Crippen LogP contribution in [0, 0.1) is 0 Å². The second-order valence-electron chi connectivity index (χ2n) is 14.7. The molecule has 12 rings (SSSR count). The Morgan fingerprint density at radius 3 is 1.81 bits per heavy atom. The number of benzene rings is 9. The summed E-state index contributed by atoms with van der Waals surface area (Å²) >= 11 is 1.62. The molecule has 3 heterocycles. The van der Waals surface area contributed by atoms with Gasteiger partial charge in [-0.1, -0.05) is 182 Å². The minimum atomic E-state index is -0.704. The van der Waals surface area contributed by atoms with Crippen LogP contribution in [0.3, 0.4) is 0 Å². The van der Waals surface area contributed by atoms with Gasteiger partial charge in [-0.2, -0.15) is 0 Å². The predicted molar refractivity (Wildman–Crippen MR) is 260 cm³/mol. The molecule has 0 saturated heterocycles. The van der Waals surface area contributed by atoms with Crippen LogP contribution in [-0.4, -0.2) is 19.5 Å². The highest BCUT2D eigenvalue weighted by atomic mass is 32.1. The van der Waals surface area contributed by atoms with Gasteiger partial charge in [0.25, 0.3) is 0 Å². The fraction of sp³-hybridized carbons (Fsp3) is 0. The molecule has 0 bridgehead atoms. The van der Waals surface area contributed by atoms with Crippen LogP contribution in [0.15, 0.2) is 218 Å². The molecule has 0 atom stereocenters. The Morgan fingerprint density at radius 1 is 0.387 bits per heavy atom. The van der Waals surface area contributed by atoms with Gasteiger partial charge >= 0.3 is 0 Å². The first-order chi connectivity index (χ1) is 35.7. The average molecular weight is 821 g/mol. The zero-order valence-electron chi connectivity index (χ0n) is 44.6. The zero-order chi connectivity index (χ0) is 51.4. The number of fused-ring (bicyclic) bond motifs is 6. The van der Waals surface area contributed by atoms with Crippen LogP contribution in [0.2, 0.25) is 0 Å². The van der Waals surface area contributed by atoms with E-state index in [1.54, 1.807) is 11.3 Å². The second kappa shape index (κ2) is 14.9. The quantitative estimate of drug-likeness (QED) is 0.161. The Morgan fingerprint density at radius 2 is 1.00 bits per heavy atom. The maximum Gasteiger partial charge on any atom is 0.166 e. The van der Waals surface area contributed by atoms with Gasteiger partial charge in [-0.05, 0) is 69.7 Å². The maximum absolute atomic E-state index is 9.87. The molecule has 3 aromatic heterocycles. The van der Waals surface area contributed by atoms with Crippen molar-refractivity contribution >= 4 is 53.3 Å². The van der Waals surface area contributed by atoms with Crippen molar-refractivity contribution in [3.8, 4) is 73.2 Å². The Kier molecular flexibility index (Phi) is 6.16. The standard InChI is InChI=1S/C57H36N4S/c1-4-15-37(16-5-1)39-27-29-41(30-28-39)56-58-55(40-19-8-3-9-20-40)59-57(60-56)48-33-31-43(44-23-14-24-47-46-22-11-13-26-53(46)62-54(44)47)36-52(48)61-50-25-12-10-21-45(50)49-35-42(32-34-51(49)61)38-17-6-2-7-18-38/h1-36H/i2D,6D,7D,10D,12D,17D,18D,21D,25D,32D,34D,35D. The average Bonchev–Trinajstić information content (AvgIpc) is 4.01. The van der Waals surface area contributed by atoms with Crippen molar-refractivity contribution in [3.63, 3.8) is 0 Å². The van der Waals surface area contributed by atoms with Gasteiger partial charge in [0.15, 0.2) is 17.5 Å². The molecule has 0 aliphatic heterocycles. The molecule has 0 spiro atoms. The van der Waals surface area contributed by atoms with E-state index in [4.69, 9.17) is 24.5 Å². The Balaban J connectivity index is 1.22. The van der Waals surface area contributed by atoms with E-state index < -0.39 is 83.6 Å². The lowest BCUT2D eigenvalue weighted by Crippen LogP contribution is -2.04. The molecule has 0 amide bonds. The van der Waals surface area contributed by atoms with Crippen LogP contribution in [0.4, 0.5) is 0 Å². The van der Waals surface area contributed by atoms with E-state index in [1.807, 2.05) is 127 Å². The highest BCUT2D eigenvalue weighted by Crippen LogP contribution is 2.43. The van der Waals surface area contributed by atoms with E-state index in [2.05, 4.69) is 18.2 Å². The van der Waals surface area contributed by atoms with E-state index in [0.29, 0.717) is 33.9 Å². The number of nitrogens with zero attached hydrogens (tertiary/aromatic N) is 4. The second-order valence-corrected chi connectivity index (χ2v) is 15.7. The van der Waals surface area contributed by atoms with E-state index in [1.165, 1.54) is 4.57 Å². The summed E-state index contributed by atoms with van der Waals surface area (Å²) in [5, 5.41) is 1.75.